The lowest BCUT2D eigenvalue weighted by molar-refractivity contribution is -0.139. The van der Waals surface area contributed by atoms with Gasteiger partial charge in [-0.15, -0.1) is 0 Å². The molecule has 110 valence electrons. The molecule has 0 aromatic rings. The Labute approximate surface area is 114 Å². The van der Waals surface area contributed by atoms with Gasteiger partial charge < -0.3 is 19.3 Å². The first-order valence-corrected chi connectivity index (χ1v) is 6.79. The second-order valence-electron chi connectivity index (χ2n) is 4.96. The van der Waals surface area contributed by atoms with Gasteiger partial charge in [-0.25, -0.2) is 4.79 Å². The first-order chi connectivity index (χ1) is 8.98. The van der Waals surface area contributed by atoms with Gasteiger partial charge in [0.2, 0.25) is 0 Å². The molecule has 1 N–H and O–H groups in total. The maximum Gasteiger partial charge on any atom is 0.333 e. The summed E-state index contributed by atoms with van der Waals surface area (Å²) in [7, 11) is 0. The van der Waals surface area contributed by atoms with Crippen molar-refractivity contribution < 1.29 is 24.1 Å². The normalized spacial score (nSPS) is 22.5. The maximum absolute atomic E-state index is 11.8. The number of aliphatic hydroxyl groups is 1. The summed E-state index contributed by atoms with van der Waals surface area (Å²) in [5.41, 5.74) is 0.599. The minimum Gasteiger partial charge on any atom is -0.463 e. The van der Waals surface area contributed by atoms with Crippen LogP contribution in [0.15, 0.2) is 11.6 Å². The van der Waals surface area contributed by atoms with Crippen LogP contribution in [-0.4, -0.2) is 42.8 Å². The molecule has 0 aliphatic carbocycles. The van der Waals surface area contributed by atoms with Crippen molar-refractivity contribution in [2.45, 2.75) is 51.9 Å². The lowest BCUT2D eigenvalue weighted by Crippen LogP contribution is -2.21. The molecule has 0 spiro atoms. The quantitative estimate of drug-likeness (QED) is 0.435. The summed E-state index contributed by atoms with van der Waals surface area (Å²) < 4.78 is 16.1. The molecule has 1 rings (SSSR count). The highest BCUT2D eigenvalue weighted by Crippen LogP contribution is 2.24. The number of rotatable bonds is 7. The largest absolute Gasteiger partial charge is 0.463 e. The monoisotopic (exact) mass is 272 g/mol. The molecule has 0 saturated carbocycles. The Hall–Kier alpha value is -0.910. The number of carbonyl (C=O) groups is 1. The summed E-state index contributed by atoms with van der Waals surface area (Å²) >= 11 is 0. The zero-order valence-corrected chi connectivity index (χ0v) is 12.0. The number of hydrogen-bond acceptors (Lipinski definition) is 5. The van der Waals surface area contributed by atoms with Crippen LogP contribution in [0.3, 0.4) is 0 Å². The van der Waals surface area contributed by atoms with Gasteiger partial charge >= 0.3 is 5.97 Å². The molecular weight excluding hydrogens is 248 g/mol. The Morgan fingerprint density at radius 3 is 2.74 bits per heavy atom. The first-order valence-electron chi connectivity index (χ1n) is 6.79. The van der Waals surface area contributed by atoms with E-state index in [0.717, 1.165) is 6.42 Å². The number of unbranched alkanes of at least 4 members (excludes halogenated alkanes) is 1. The Morgan fingerprint density at radius 1 is 1.47 bits per heavy atom. The lowest BCUT2D eigenvalue weighted by atomic mass is 10.1. The van der Waals surface area contributed by atoms with Crippen LogP contribution >= 0.6 is 0 Å². The zero-order valence-electron chi connectivity index (χ0n) is 12.0. The maximum atomic E-state index is 11.8. The van der Waals surface area contributed by atoms with Crippen LogP contribution in [0, 0.1) is 0 Å². The Bertz CT molecular complexity index is 322. The smallest absolute Gasteiger partial charge is 0.333 e. The van der Waals surface area contributed by atoms with Gasteiger partial charge in [-0.05, 0) is 46.1 Å². The fraction of sp³-hybridized carbons (Fsp3) is 0.786. The van der Waals surface area contributed by atoms with Gasteiger partial charge in [-0.2, -0.15) is 0 Å². The summed E-state index contributed by atoms with van der Waals surface area (Å²) in [5.74, 6) is -0.916. The predicted molar refractivity (Wildman–Crippen MR) is 70.6 cm³/mol. The number of ether oxygens (including phenoxy) is 3. The Morgan fingerprint density at radius 2 is 2.21 bits per heavy atom. The standard InChI is InChI=1S/C14H24O5/c1-4-17-13(16)11(7-5-6-8-15)9-12-10-18-14(2,3)19-12/h9,12,15H,4-8,10H2,1-3H3/b11-9+/t12-/m0/s1. The van der Waals surface area contributed by atoms with E-state index in [-0.39, 0.29) is 18.7 Å². The van der Waals surface area contributed by atoms with Crippen molar-refractivity contribution in [3.8, 4) is 0 Å². The molecule has 1 heterocycles. The molecule has 1 atom stereocenters. The molecule has 1 fully saturated rings. The first kappa shape index (κ1) is 16.1. The van der Waals surface area contributed by atoms with Gasteiger partial charge in [0.1, 0.15) is 6.10 Å². The molecule has 1 aliphatic rings. The molecule has 0 aromatic heterocycles. The molecule has 1 saturated heterocycles. The van der Waals surface area contributed by atoms with Crippen LogP contribution in [0.2, 0.25) is 0 Å². The number of aliphatic hydroxyl groups excluding tert-OH is 1. The molecule has 19 heavy (non-hydrogen) atoms. The summed E-state index contributed by atoms with van der Waals surface area (Å²) in [6, 6.07) is 0. The van der Waals surface area contributed by atoms with Crippen molar-refractivity contribution in [2.24, 2.45) is 0 Å². The molecule has 5 nitrogen and oxygen atoms in total. The molecule has 0 bridgehead atoms. The van der Waals surface area contributed by atoms with Crippen LogP contribution in [0.25, 0.3) is 0 Å². The molecule has 0 amide bonds. The van der Waals surface area contributed by atoms with Crippen molar-refractivity contribution in [2.75, 3.05) is 19.8 Å². The number of carbonyl (C=O) groups excluding carboxylic acids is 1. The highest BCUT2D eigenvalue weighted by Gasteiger charge is 2.32. The SMILES string of the molecule is CCOC(=O)/C(=C/[C@H]1COC(C)(C)O1)CCCCO. The summed E-state index contributed by atoms with van der Waals surface area (Å²) in [6.07, 6.45) is 3.56. The summed E-state index contributed by atoms with van der Waals surface area (Å²) in [6.45, 7) is 6.39. The lowest BCUT2D eigenvalue weighted by Gasteiger charge is -2.16. The fourth-order valence-electron chi connectivity index (χ4n) is 1.93. The van der Waals surface area contributed by atoms with Crippen molar-refractivity contribution in [1.82, 2.24) is 0 Å². The molecule has 0 aromatic carbocycles. The van der Waals surface area contributed by atoms with Crippen LogP contribution in [0.5, 0.6) is 0 Å². The molecular formula is C14H24O5. The van der Waals surface area contributed by atoms with Crippen molar-refractivity contribution in [3.05, 3.63) is 11.6 Å². The van der Waals surface area contributed by atoms with Crippen molar-refractivity contribution in [1.29, 1.82) is 0 Å². The van der Waals surface area contributed by atoms with Crippen LogP contribution in [0.1, 0.15) is 40.0 Å². The van der Waals surface area contributed by atoms with Gasteiger partial charge in [0.15, 0.2) is 5.79 Å². The highest BCUT2D eigenvalue weighted by atomic mass is 16.7. The zero-order chi connectivity index (χ0) is 14.3. The highest BCUT2D eigenvalue weighted by molar-refractivity contribution is 5.88. The van der Waals surface area contributed by atoms with Gasteiger partial charge in [0.25, 0.3) is 0 Å². The van der Waals surface area contributed by atoms with E-state index in [9.17, 15) is 4.79 Å². The van der Waals surface area contributed by atoms with E-state index >= 15 is 0 Å². The second-order valence-corrected chi connectivity index (χ2v) is 4.96. The van der Waals surface area contributed by atoms with Crippen molar-refractivity contribution in [3.63, 3.8) is 0 Å². The van der Waals surface area contributed by atoms with E-state index in [4.69, 9.17) is 19.3 Å². The summed E-state index contributed by atoms with van der Waals surface area (Å²) in [4.78, 5) is 11.8. The average Bonchev–Trinajstić information content (AvgIpc) is 2.68. The van der Waals surface area contributed by atoms with E-state index in [0.29, 0.717) is 31.6 Å². The minimum absolute atomic E-state index is 0.131. The van der Waals surface area contributed by atoms with Crippen LogP contribution < -0.4 is 0 Å². The molecule has 0 radical (unpaired) electrons. The third kappa shape index (κ3) is 5.72. The van der Waals surface area contributed by atoms with Gasteiger partial charge in [-0.1, -0.05) is 0 Å². The number of esters is 1. The second kappa shape index (κ2) is 7.62. The van der Waals surface area contributed by atoms with E-state index < -0.39 is 5.79 Å². The molecule has 0 unspecified atom stereocenters. The van der Waals surface area contributed by atoms with Gasteiger partial charge in [0, 0.05) is 12.2 Å². The van der Waals surface area contributed by atoms with E-state index in [1.165, 1.54) is 0 Å². The van der Waals surface area contributed by atoms with Crippen LogP contribution in [-0.2, 0) is 19.0 Å². The summed E-state index contributed by atoms with van der Waals surface area (Å²) in [5, 5.41) is 8.79. The Balaban J connectivity index is 2.63. The van der Waals surface area contributed by atoms with E-state index in [2.05, 4.69) is 0 Å². The topological polar surface area (TPSA) is 65.0 Å². The van der Waals surface area contributed by atoms with Gasteiger partial charge in [0.05, 0.1) is 13.2 Å². The van der Waals surface area contributed by atoms with Crippen molar-refractivity contribution >= 4 is 5.97 Å². The third-order valence-corrected chi connectivity index (χ3v) is 2.81. The van der Waals surface area contributed by atoms with E-state index in [1.807, 2.05) is 13.8 Å². The Kier molecular flexibility index (Phi) is 6.48. The van der Waals surface area contributed by atoms with Crippen LogP contribution in [0.4, 0.5) is 0 Å². The number of hydrogen-bond donors (Lipinski definition) is 1. The van der Waals surface area contributed by atoms with E-state index in [1.54, 1.807) is 13.0 Å². The third-order valence-electron chi connectivity index (χ3n) is 2.81. The predicted octanol–water partition coefficient (Wildman–Crippen LogP) is 1.79. The fourth-order valence-corrected chi connectivity index (χ4v) is 1.93. The molecule has 1 aliphatic heterocycles. The average molecular weight is 272 g/mol. The molecule has 5 heteroatoms. The van der Waals surface area contributed by atoms with Gasteiger partial charge in [-0.3, -0.25) is 0 Å². The minimum atomic E-state index is -0.605.